The third-order valence-corrected chi connectivity index (χ3v) is 5.87. The molecule has 29 heavy (non-hydrogen) atoms. The van der Waals surface area contributed by atoms with Crippen LogP contribution in [0.25, 0.3) is 0 Å². The molecule has 3 aromatic rings. The number of amides is 2. The van der Waals surface area contributed by atoms with Crippen LogP contribution in [-0.4, -0.2) is 29.8 Å². The molecule has 1 aliphatic heterocycles. The molecular formula is C23H22N2O3S. The van der Waals surface area contributed by atoms with Crippen LogP contribution in [0.1, 0.15) is 28.8 Å². The van der Waals surface area contributed by atoms with Crippen molar-refractivity contribution >= 4 is 23.2 Å². The molecule has 0 radical (unpaired) electrons. The van der Waals surface area contributed by atoms with Crippen molar-refractivity contribution in [1.82, 2.24) is 10.2 Å². The van der Waals surface area contributed by atoms with Gasteiger partial charge in [0.25, 0.3) is 0 Å². The number of nitrogens with zero attached hydrogens (tertiary/aromatic N) is 1. The number of carbonyl (C=O) groups is 2. The van der Waals surface area contributed by atoms with E-state index >= 15 is 0 Å². The molecule has 5 nitrogen and oxygen atoms in total. The third kappa shape index (κ3) is 4.03. The Morgan fingerprint density at radius 2 is 1.66 bits per heavy atom. The number of fused-ring (bicyclic) bond motifs is 2. The molecule has 2 amide bonds. The first-order valence-electron chi connectivity index (χ1n) is 9.61. The second kappa shape index (κ2) is 8.49. The first kappa shape index (κ1) is 19.2. The second-order valence-electron chi connectivity index (χ2n) is 6.82. The van der Waals surface area contributed by atoms with Gasteiger partial charge in [-0.05, 0) is 30.5 Å². The van der Waals surface area contributed by atoms with Crippen molar-refractivity contribution in [2.75, 3.05) is 13.1 Å². The average Bonchev–Trinajstić information content (AvgIpc) is 3.27. The van der Waals surface area contributed by atoms with E-state index in [2.05, 4.69) is 5.32 Å². The van der Waals surface area contributed by atoms with E-state index in [0.717, 1.165) is 16.0 Å². The minimum absolute atomic E-state index is 0.0302. The average molecular weight is 407 g/mol. The number of likely N-dealkylation sites (N-methyl/N-ethyl adjacent to an activating group) is 1. The normalized spacial score (nSPS) is 12.4. The van der Waals surface area contributed by atoms with Crippen LogP contribution >= 0.6 is 11.3 Å². The lowest BCUT2D eigenvalue weighted by atomic mass is 9.87. The fourth-order valence-corrected chi connectivity index (χ4v) is 4.18. The topological polar surface area (TPSA) is 58.6 Å². The van der Waals surface area contributed by atoms with Crippen LogP contribution in [0.3, 0.4) is 0 Å². The molecule has 1 N–H and O–H groups in total. The number of hydrogen-bond acceptors (Lipinski definition) is 4. The summed E-state index contributed by atoms with van der Waals surface area (Å²) in [4.78, 5) is 28.7. The summed E-state index contributed by atoms with van der Waals surface area (Å²) < 4.78 is 5.98. The van der Waals surface area contributed by atoms with Crippen molar-refractivity contribution in [2.45, 2.75) is 19.4 Å². The van der Waals surface area contributed by atoms with Crippen molar-refractivity contribution in [3.05, 3.63) is 82.0 Å². The first-order chi connectivity index (χ1) is 14.2. The molecule has 1 aromatic heterocycles. The zero-order valence-corrected chi connectivity index (χ0v) is 16.9. The molecular weight excluding hydrogens is 384 g/mol. The van der Waals surface area contributed by atoms with E-state index in [4.69, 9.17) is 4.74 Å². The highest BCUT2D eigenvalue weighted by atomic mass is 32.1. The van der Waals surface area contributed by atoms with Gasteiger partial charge in [-0.3, -0.25) is 9.59 Å². The summed E-state index contributed by atoms with van der Waals surface area (Å²) in [5.41, 5.74) is 1.65. The van der Waals surface area contributed by atoms with Gasteiger partial charge < -0.3 is 15.0 Å². The first-order valence-corrected chi connectivity index (χ1v) is 10.5. The summed E-state index contributed by atoms with van der Waals surface area (Å²) in [6.07, 6.45) is 0. The lowest BCUT2D eigenvalue weighted by Crippen LogP contribution is -2.43. The SMILES string of the molecule is CCN(CC(=O)NCc1cccs1)C(=O)C1c2ccccc2Oc2ccccc21. The lowest BCUT2D eigenvalue weighted by molar-refractivity contribution is -0.136. The summed E-state index contributed by atoms with van der Waals surface area (Å²) >= 11 is 1.59. The van der Waals surface area contributed by atoms with E-state index in [-0.39, 0.29) is 18.4 Å². The van der Waals surface area contributed by atoms with Gasteiger partial charge in [-0.2, -0.15) is 0 Å². The van der Waals surface area contributed by atoms with Crippen LogP contribution in [0.5, 0.6) is 11.5 Å². The number of ether oxygens (including phenoxy) is 1. The molecule has 2 aromatic carbocycles. The van der Waals surface area contributed by atoms with Crippen molar-refractivity contribution in [2.24, 2.45) is 0 Å². The monoisotopic (exact) mass is 406 g/mol. The van der Waals surface area contributed by atoms with Gasteiger partial charge in [0.1, 0.15) is 11.5 Å². The van der Waals surface area contributed by atoms with Crippen LogP contribution in [0.15, 0.2) is 66.0 Å². The van der Waals surface area contributed by atoms with Gasteiger partial charge in [-0.15, -0.1) is 11.3 Å². The molecule has 0 unspecified atom stereocenters. The number of carbonyl (C=O) groups excluding carboxylic acids is 2. The zero-order chi connectivity index (χ0) is 20.2. The number of rotatable bonds is 6. The Bertz CT molecular complexity index is 971. The van der Waals surface area contributed by atoms with Crippen LogP contribution in [0, 0.1) is 0 Å². The maximum Gasteiger partial charge on any atom is 0.239 e. The van der Waals surface area contributed by atoms with E-state index in [1.807, 2.05) is 73.0 Å². The Labute approximate surface area is 173 Å². The Kier molecular flexibility index (Phi) is 5.62. The standard InChI is InChI=1S/C23H22N2O3S/c1-2-25(15-21(26)24-14-16-8-7-13-29-16)23(27)22-17-9-3-5-11-19(17)28-20-12-6-4-10-18(20)22/h3-13,22H,2,14-15H2,1H3,(H,24,26). The van der Waals surface area contributed by atoms with Gasteiger partial charge >= 0.3 is 0 Å². The summed E-state index contributed by atoms with van der Waals surface area (Å²) in [5.74, 6) is 0.621. The van der Waals surface area contributed by atoms with Crippen molar-refractivity contribution in [1.29, 1.82) is 0 Å². The number of thiophene rings is 1. The van der Waals surface area contributed by atoms with E-state index in [0.29, 0.717) is 24.6 Å². The Hall–Kier alpha value is -3.12. The van der Waals surface area contributed by atoms with Crippen LogP contribution in [-0.2, 0) is 16.1 Å². The van der Waals surface area contributed by atoms with Gasteiger partial charge in [-0.1, -0.05) is 42.5 Å². The molecule has 148 valence electrons. The fourth-order valence-electron chi connectivity index (χ4n) is 3.53. The van der Waals surface area contributed by atoms with Crippen molar-refractivity contribution in [3.8, 4) is 11.5 Å². The molecule has 0 aliphatic carbocycles. The van der Waals surface area contributed by atoms with E-state index in [1.165, 1.54) is 0 Å². The molecule has 1 aliphatic rings. The number of nitrogens with one attached hydrogen (secondary N) is 1. The highest BCUT2D eigenvalue weighted by Gasteiger charge is 2.35. The molecule has 0 atom stereocenters. The van der Waals surface area contributed by atoms with Gasteiger partial charge in [0.15, 0.2) is 0 Å². The van der Waals surface area contributed by atoms with Crippen molar-refractivity contribution in [3.63, 3.8) is 0 Å². The fraction of sp³-hybridized carbons (Fsp3) is 0.217. The minimum atomic E-state index is -0.485. The van der Waals surface area contributed by atoms with Gasteiger partial charge in [0.2, 0.25) is 11.8 Å². The second-order valence-corrected chi connectivity index (χ2v) is 7.85. The van der Waals surface area contributed by atoms with Crippen LogP contribution in [0.4, 0.5) is 0 Å². The van der Waals surface area contributed by atoms with E-state index in [1.54, 1.807) is 16.2 Å². The van der Waals surface area contributed by atoms with Crippen molar-refractivity contribution < 1.29 is 14.3 Å². The number of benzene rings is 2. The number of hydrogen-bond donors (Lipinski definition) is 1. The van der Waals surface area contributed by atoms with Gasteiger partial charge in [0, 0.05) is 22.5 Å². The Balaban J connectivity index is 1.55. The van der Waals surface area contributed by atoms with E-state index in [9.17, 15) is 9.59 Å². The summed E-state index contributed by atoms with van der Waals surface area (Å²) in [6.45, 7) is 2.85. The maximum absolute atomic E-state index is 13.5. The van der Waals surface area contributed by atoms with Crippen LogP contribution in [0.2, 0.25) is 0 Å². The van der Waals surface area contributed by atoms with E-state index < -0.39 is 5.92 Å². The largest absolute Gasteiger partial charge is 0.457 e. The van der Waals surface area contributed by atoms with Gasteiger partial charge in [0.05, 0.1) is 19.0 Å². The quantitative estimate of drug-likeness (QED) is 0.669. The summed E-state index contributed by atoms with van der Waals surface area (Å²) in [5, 5.41) is 4.87. The Morgan fingerprint density at radius 3 is 2.24 bits per heavy atom. The molecule has 0 fully saturated rings. The molecule has 0 saturated heterocycles. The summed E-state index contributed by atoms with van der Waals surface area (Å²) in [7, 11) is 0. The third-order valence-electron chi connectivity index (χ3n) is 4.99. The molecule has 6 heteroatoms. The Morgan fingerprint density at radius 1 is 1.00 bits per heavy atom. The predicted octanol–water partition coefficient (Wildman–Crippen LogP) is 4.15. The lowest BCUT2D eigenvalue weighted by Gasteiger charge is -2.31. The summed E-state index contributed by atoms with van der Waals surface area (Å²) in [6, 6.07) is 19.1. The molecule has 4 rings (SSSR count). The van der Waals surface area contributed by atoms with Crippen LogP contribution < -0.4 is 10.1 Å². The molecule has 0 bridgehead atoms. The highest BCUT2D eigenvalue weighted by Crippen LogP contribution is 2.44. The predicted molar refractivity (Wildman–Crippen MR) is 113 cm³/mol. The molecule has 0 saturated carbocycles. The molecule has 0 spiro atoms. The maximum atomic E-state index is 13.5. The molecule has 2 heterocycles. The minimum Gasteiger partial charge on any atom is -0.457 e. The highest BCUT2D eigenvalue weighted by molar-refractivity contribution is 7.09. The van der Waals surface area contributed by atoms with Gasteiger partial charge in [-0.25, -0.2) is 0 Å². The smallest absolute Gasteiger partial charge is 0.239 e. The zero-order valence-electron chi connectivity index (χ0n) is 16.1. The number of para-hydroxylation sites is 2.